The second-order valence-corrected chi connectivity index (χ2v) is 4.30. The van der Waals surface area contributed by atoms with Crippen molar-refractivity contribution in [1.82, 2.24) is 15.3 Å². The number of imidazole rings is 1. The summed E-state index contributed by atoms with van der Waals surface area (Å²) in [6, 6.07) is 4.14. The third kappa shape index (κ3) is 3.04. The highest BCUT2D eigenvalue weighted by atomic mass is 19.1. The maximum Gasteiger partial charge on any atom is 0.221 e. The molecule has 1 heterocycles. The van der Waals surface area contributed by atoms with E-state index in [2.05, 4.69) is 15.3 Å². The molecule has 0 radical (unpaired) electrons. The van der Waals surface area contributed by atoms with E-state index in [1.165, 1.54) is 12.1 Å². The fourth-order valence-electron chi connectivity index (χ4n) is 1.67. The van der Waals surface area contributed by atoms with Crippen molar-refractivity contribution >= 4 is 16.9 Å². The minimum Gasteiger partial charge on any atom is -0.349 e. The molecule has 0 bridgehead atoms. The standard InChI is InChI=1S/C12H15FN4O/c1-7(14)4-12(18)15-6-11-16-9-3-2-8(13)5-10(9)17-11/h2-3,5,7H,4,6,14H2,1H3,(H,15,18)(H,16,17). The first-order valence-electron chi connectivity index (χ1n) is 5.71. The molecule has 6 heteroatoms. The summed E-state index contributed by atoms with van der Waals surface area (Å²) in [5.41, 5.74) is 6.81. The van der Waals surface area contributed by atoms with Gasteiger partial charge in [0.2, 0.25) is 5.91 Å². The summed E-state index contributed by atoms with van der Waals surface area (Å²) in [5.74, 6) is 0.143. The molecule has 2 aromatic rings. The normalized spacial score (nSPS) is 12.6. The van der Waals surface area contributed by atoms with Crippen molar-refractivity contribution in [3.8, 4) is 0 Å². The number of H-pyrrole nitrogens is 1. The van der Waals surface area contributed by atoms with Crippen molar-refractivity contribution in [1.29, 1.82) is 0 Å². The van der Waals surface area contributed by atoms with Crippen LogP contribution in [-0.4, -0.2) is 21.9 Å². The molecule has 0 saturated carbocycles. The summed E-state index contributed by atoms with van der Waals surface area (Å²) in [5, 5.41) is 2.70. The van der Waals surface area contributed by atoms with Crippen molar-refractivity contribution in [3.05, 3.63) is 29.8 Å². The molecule has 2 rings (SSSR count). The van der Waals surface area contributed by atoms with E-state index >= 15 is 0 Å². The first-order valence-corrected chi connectivity index (χ1v) is 5.71. The number of carbonyl (C=O) groups excluding carboxylic acids is 1. The molecular formula is C12H15FN4O. The summed E-state index contributed by atoms with van der Waals surface area (Å²) in [6.07, 6.45) is 0.273. The molecule has 0 fully saturated rings. The molecule has 1 aromatic carbocycles. The lowest BCUT2D eigenvalue weighted by atomic mass is 10.2. The molecule has 18 heavy (non-hydrogen) atoms. The highest BCUT2D eigenvalue weighted by Gasteiger charge is 2.07. The summed E-state index contributed by atoms with van der Waals surface area (Å²) in [4.78, 5) is 18.6. The highest BCUT2D eigenvalue weighted by molar-refractivity contribution is 5.77. The van der Waals surface area contributed by atoms with E-state index in [9.17, 15) is 9.18 Å². The van der Waals surface area contributed by atoms with Crippen molar-refractivity contribution in [2.24, 2.45) is 5.73 Å². The summed E-state index contributed by atoms with van der Waals surface area (Å²) in [7, 11) is 0. The van der Waals surface area contributed by atoms with Gasteiger partial charge in [0.25, 0.3) is 0 Å². The fourth-order valence-corrected chi connectivity index (χ4v) is 1.67. The van der Waals surface area contributed by atoms with E-state index in [0.29, 0.717) is 16.9 Å². The molecule has 4 N–H and O–H groups in total. The van der Waals surface area contributed by atoms with Crippen LogP contribution in [0.4, 0.5) is 4.39 Å². The second-order valence-electron chi connectivity index (χ2n) is 4.30. The van der Waals surface area contributed by atoms with E-state index in [0.717, 1.165) is 0 Å². The van der Waals surface area contributed by atoms with Crippen molar-refractivity contribution in [3.63, 3.8) is 0 Å². The van der Waals surface area contributed by atoms with E-state index in [4.69, 9.17) is 5.73 Å². The van der Waals surface area contributed by atoms with Gasteiger partial charge in [-0.1, -0.05) is 0 Å². The van der Waals surface area contributed by atoms with Gasteiger partial charge in [-0.2, -0.15) is 0 Å². The molecule has 96 valence electrons. The Hall–Kier alpha value is -1.95. The van der Waals surface area contributed by atoms with Crippen LogP contribution in [0.5, 0.6) is 0 Å². The lowest BCUT2D eigenvalue weighted by molar-refractivity contribution is -0.121. The van der Waals surface area contributed by atoms with Gasteiger partial charge in [0, 0.05) is 12.5 Å². The molecule has 0 aliphatic carbocycles. The molecular weight excluding hydrogens is 235 g/mol. The van der Waals surface area contributed by atoms with E-state index in [1.807, 2.05) is 0 Å². The number of amides is 1. The first kappa shape index (κ1) is 12.5. The minimum atomic E-state index is -0.321. The minimum absolute atomic E-state index is 0.128. The molecule has 5 nitrogen and oxygen atoms in total. The van der Waals surface area contributed by atoms with Crippen LogP contribution in [0.15, 0.2) is 18.2 Å². The molecule has 0 aliphatic heterocycles. The number of carbonyl (C=O) groups is 1. The summed E-state index contributed by atoms with van der Waals surface area (Å²) < 4.78 is 13.0. The molecule has 1 atom stereocenters. The number of hydrogen-bond donors (Lipinski definition) is 3. The number of fused-ring (bicyclic) bond motifs is 1. The zero-order chi connectivity index (χ0) is 13.1. The van der Waals surface area contributed by atoms with Gasteiger partial charge in [-0.3, -0.25) is 4.79 Å². The SMILES string of the molecule is CC(N)CC(=O)NCc1nc2ccc(F)cc2[nH]1. The lowest BCUT2D eigenvalue weighted by Crippen LogP contribution is -2.29. The van der Waals surface area contributed by atoms with Crippen LogP contribution >= 0.6 is 0 Å². The molecule has 0 spiro atoms. The molecule has 1 unspecified atom stereocenters. The van der Waals surface area contributed by atoms with Crippen molar-refractivity contribution in [2.45, 2.75) is 25.9 Å². The average molecular weight is 250 g/mol. The van der Waals surface area contributed by atoms with Gasteiger partial charge in [-0.05, 0) is 25.1 Å². The van der Waals surface area contributed by atoms with Gasteiger partial charge in [0.05, 0.1) is 17.6 Å². The Bertz CT molecular complexity index is 564. The van der Waals surface area contributed by atoms with Crippen LogP contribution < -0.4 is 11.1 Å². The first-order chi connectivity index (χ1) is 8.54. The van der Waals surface area contributed by atoms with E-state index in [-0.39, 0.29) is 30.7 Å². The van der Waals surface area contributed by atoms with Crippen LogP contribution in [0.1, 0.15) is 19.2 Å². The molecule has 0 aliphatic rings. The van der Waals surface area contributed by atoms with E-state index in [1.54, 1.807) is 13.0 Å². The lowest BCUT2D eigenvalue weighted by Gasteiger charge is -2.05. The van der Waals surface area contributed by atoms with Gasteiger partial charge in [-0.25, -0.2) is 9.37 Å². The monoisotopic (exact) mass is 250 g/mol. The maximum atomic E-state index is 13.0. The number of nitrogens with zero attached hydrogens (tertiary/aromatic N) is 1. The topological polar surface area (TPSA) is 83.8 Å². The maximum absolute atomic E-state index is 13.0. The number of nitrogens with one attached hydrogen (secondary N) is 2. The molecule has 1 amide bonds. The Labute approximate surface area is 104 Å². The predicted octanol–water partition coefficient (Wildman–Crippen LogP) is 1.06. The Balaban J connectivity index is 2.02. The zero-order valence-corrected chi connectivity index (χ0v) is 10.0. The highest BCUT2D eigenvalue weighted by Crippen LogP contribution is 2.12. The number of aromatic amines is 1. The van der Waals surface area contributed by atoms with Gasteiger partial charge in [0.1, 0.15) is 11.6 Å². The number of benzene rings is 1. The van der Waals surface area contributed by atoms with Crippen molar-refractivity contribution < 1.29 is 9.18 Å². The largest absolute Gasteiger partial charge is 0.349 e. The van der Waals surface area contributed by atoms with Gasteiger partial charge < -0.3 is 16.0 Å². The third-order valence-electron chi connectivity index (χ3n) is 2.45. The quantitative estimate of drug-likeness (QED) is 0.758. The van der Waals surface area contributed by atoms with Crippen LogP contribution in [0.3, 0.4) is 0 Å². The fraction of sp³-hybridized carbons (Fsp3) is 0.333. The van der Waals surface area contributed by atoms with Gasteiger partial charge in [0.15, 0.2) is 0 Å². The number of hydrogen-bond acceptors (Lipinski definition) is 3. The Morgan fingerprint density at radius 2 is 2.39 bits per heavy atom. The summed E-state index contributed by atoms with van der Waals surface area (Å²) >= 11 is 0. The van der Waals surface area contributed by atoms with Crippen LogP contribution in [0.25, 0.3) is 11.0 Å². The van der Waals surface area contributed by atoms with Crippen LogP contribution in [0, 0.1) is 5.82 Å². The molecule has 1 aromatic heterocycles. The second kappa shape index (κ2) is 5.14. The number of halogens is 1. The van der Waals surface area contributed by atoms with Crippen LogP contribution in [-0.2, 0) is 11.3 Å². The molecule has 0 saturated heterocycles. The van der Waals surface area contributed by atoms with Gasteiger partial charge >= 0.3 is 0 Å². The number of rotatable bonds is 4. The van der Waals surface area contributed by atoms with E-state index < -0.39 is 0 Å². The Morgan fingerprint density at radius 1 is 1.61 bits per heavy atom. The van der Waals surface area contributed by atoms with Crippen molar-refractivity contribution in [2.75, 3.05) is 0 Å². The van der Waals surface area contributed by atoms with Gasteiger partial charge in [-0.15, -0.1) is 0 Å². The Kier molecular flexibility index (Phi) is 3.57. The Morgan fingerprint density at radius 3 is 3.11 bits per heavy atom. The predicted molar refractivity (Wildman–Crippen MR) is 66.2 cm³/mol. The number of aromatic nitrogens is 2. The van der Waals surface area contributed by atoms with Crippen LogP contribution in [0.2, 0.25) is 0 Å². The number of nitrogens with two attached hydrogens (primary N) is 1. The third-order valence-corrected chi connectivity index (χ3v) is 2.45. The smallest absolute Gasteiger partial charge is 0.221 e. The summed E-state index contributed by atoms with van der Waals surface area (Å²) in [6.45, 7) is 2.05. The average Bonchev–Trinajstić information content (AvgIpc) is 2.67. The zero-order valence-electron chi connectivity index (χ0n) is 10.0.